The van der Waals surface area contributed by atoms with Crippen LogP contribution in [0.25, 0.3) is 0 Å². The molecule has 3 aromatic rings. The quantitative estimate of drug-likeness (QED) is 0.205. The van der Waals surface area contributed by atoms with Gasteiger partial charge in [0.2, 0.25) is 0 Å². The van der Waals surface area contributed by atoms with Gasteiger partial charge in [-0.15, -0.1) is 0 Å². The molecule has 0 atom stereocenters. The molecule has 6 nitrogen and oxygen atoms in total. The Balaban J connectivity index is 1.69. The molecule has 190 valence electrons. The van der Waals surface area contributed by atoms with Gasteiger partial charge in [0.15, 0.2) is 0 Å². The van der Waals surface area contributed by atoms with Crippen LogP contribution in [0.5, 0.6) is 11.5 Å². The Hall–Kier alpha value is -3.80. The third-order valence-corrected chi connectivity index (χ3v) is 6.18. The van der Waals surface area contributed by atoms with Gasteiger partial charge in [-0.1, -0.05) is 63.8 Å². The molecule has 0 aliphatic heterocycles. The Kier molecular flexibility index (Phi) is 9.92. The number of anilines is 2. The van der Waals surface area contributed by atoms with E-state index < -0.39 is 11.8 Å². The lowest BCUT2D eigenvalue weighted by molar-refractivity contribution is 0.101. The molecule has 0 spiro atoms. The van der Waals surface area contributed by atoms with Crippen LogP contribution < -0.4 is 10.6 Å². The first-order valence-corrected chi connectivity index (χ1v) is 12.8. The van der Waals surface area contributed by atoms with Gasteiger partial charge in [-0.3, -0.25) is 9.59 Å². The van der Waals surface area contributed by atoms with Crippen molar-refractivity contribution >= 4 is 23.2 Å². The molecule has 0 aliphatic carbocycles. The fourth-order valence-corrected chi connectivity index (χ4v) is 4.09. The second-order valence-corrected chi connectivity index (χ2v) is 9.07. The van der Waals surface area contributed by atoms with Gasteiger partial charge in [0.25, 0.3) is 11.8 Å². The fourth-order valence-electron chi connectivity index (χ4n) is 4.09. The summed E-state index contributed by atoms with van der Waals surface area (Å²) in [5.74, 6) is -1.11. The maximum atomic E-state index is 12.9. The van der Waals surface area contributed by atoms with Crippen molar-refractivity contribution in [3.63, 3.8) is 0 Å². The minimum Gasteiger partial charge on any atom is -0.507 e. The standard InChI is InChI=1S/C30H36N2O4/c1-3-5-7-11-21-15-17-23(27(33)19-21)29(35)31-25-13-9-10-14-26(25)32-30(36)24-18-16-22(20-28(24)34)12-8-6-4-2/h9-10,13-20,33-34H,3-8,11-12H2,1-2H3,(H,31,35)(H,32,36). The zero-order valence-corrected chi connectivity index (χ0v) is 21.1. The number of hydrogen-bond acceptors (Lipinski definition) is 4. The number of phenolic OH excluding ortho intramolecular Hbond substituents is 2. The molecule has 0 unspecified atom stereocenters. The second kappa shape index (κ2) is 13.3. The Morgan fingerprint density at radius 2 is 1.06 bits per heavy atom. The molecule has 0 aromatic heterocycles. The van der Waals surface area contributed by atoms with Crippen molar-refractivity contribution in [2.75, 3.05) is 10.6 Å². The predicted molar refractivity (Wildman–Crippen MR) is 145 cm³/mol. The van der Waals surface area contributed by atoms with E-state index in [1.54, 1.807) is 48.5 Å². The number of nitrogens with one attached hydrogen (secondary N) is 2. The highest BCUT2D eigenvalue weighted by Gasteiger charge is 2.17. The molecule has 2 amide bonds. The fraction of sp³-hybridized carbons (Fsp3) is 0.333. The molecule has 0 heterocycles. The third kappa shape index (κ3) is 7.35. The smallest absolute Gasteiger partial charge is 0.259 e. The van der Waals surface area contributed by atoms with Crippen molar-refractivity contribution < 1.29 is 19.8 Å². The zero-order valence-electron chi connectivity index (χ0n) is 21.1. The van der Waals surface area contributed by atoms with Gasteiger partial charge in [-0.05, 0) is 73.2 Å². The van der Waals surface area contributed by atoms with Crippen molar-refractivity contribution in [2.24, 2.45) is 0 Å². The minimum absolute atomic E-state index is 0.0769. The summed E-state index contributed by atoms with van der Waals surface area (Å²) < 4.78 is 0. The maximum Gasteiger partial charge on any atom is 0.259 e. The highest BCUT2D eigenvalue weighted by atomic mass is 16.3. The number of para-hydroxylation sites is 2. The minimum atomic E-state index is -0.478. The van der Waals surface area contributed by atoms with Crippen LogP contribution in [-0.2, 0) is 12.8 Å². The van der Waals surface area contributed by atoms with Gasteiger partial charge >= 0.3 is 0 Å². The first-order chi connectivity index (χ1) is 17.4. The van der Waals surface area contributed by atoms with E-state index in [1.165, 1.54) is 0 Å². The number of amides is 2. The first kappa shape index (κ1) is 26.8. The number of benzene rings is 3. The summed E-state index contributed by atoms with van der Waals surface area (Å²) in [7, 11) is 0. The molecule has 0 aliphatic rings. The van der Waals surface area contributed by atoms with E-state index in [9.17, 15) is 19.8 Å². The van der Waals surface area contributed by atoms with E-state index >= 15 is 0 Å². The number of rotatable bonds is 12. The monoisotopic (exact) mass is 488 g/mol. The topological polar surface area (TPSA) is 98.7 Å². The highest BCUT2D eigenvalue weighted by molar-refractivity contribution is 6.11. The maximum absolute atomic E-state index is 12.9. The summed E-state index contributed by atoms with van der Waals surface area (Å²) in [5, 5.41) is 26.4. The van der Waals surface area contributed by atoms with Crippen LogP contribution in [0, 0.1) is 0 Å². The number of aromatic hydroxyl groups is 2. The lowest BCUT2D eigenvalue weighted by Gasteiger charge is -2.14. The molecular formula is C30H36N2O4. The SMILES string of the molecule is CCCCCc1ccc(C(=O)Nc2ccccc2NC(=O)c2ccc(CCCCC)cc2O)c(O)c1. The number of unbranched alkanes of at least 4 members (excludes halogenated alkanes) is 4. The van der Waals surface area contributed by atoms with Crippen molar-refractivity contribution in [2.45, 2.75) is 65.2 Å². The third-order valence-electron chi connectivity index (χ3n) is 6.18. The lowest BCUT2D eigenvalue weighted by atomic mass is 10.0. The Morgan fingerprint density at radius 1 is 0.639 bits per heavy atom. The van der Waals surface area contributed by atoms with Crippen LogP contribution >= 0.6 is 0 Å². The molecule has 0 bridgehead atoms. The molecule has 0 saturated heterocycles. The van der Waals surface area contributed by atoms with E-state index in [2.05, 4.69) is 24.5 Å². The first-order valence-electron chi connectivity index (χ1n) is 12.8. The Labute approximate surface area is 213 Å². The molecule has 4 N–H and O–H groups in total. The summed E-state index contributed by atoms with van der Waals surface area (Å²) in [5.41, 5.74) is 3.07. The van der Waals surface area contributed by atoms with E-state index in [0.717, 1.165) is 62.5 Å². The van der Waals surface area contributed by atoms with Crippen LogP contribution in [-0.4, -0.2) is 22.0 Å². The van der Waals surface area contributed by atoms with Gasteiger partial charge in [0, 0.05) is 0 Å². The van der Waals surface area contributed by atoms with Gasteiger partial charge in [0.1, 0.15) is 11.5 Å². The molecule has 3 aromatic carbocycles. The second-order valence-electron chi connectivity index (χ2n) is 9.07. The van der Waals surface area contributed by atoms with Crippen LogP contribution in [0.15, 0.2) is 60.7 Å². The summed E-state index contributed by atoms with van der Waals surface area (Å²) >= 11 is 0. The van der Waals surface area contributed by atoms with Crippen LogP contribution in [0.3, 0.4) is 0 Å². The molecule has 0 fully saturated rings. The van der Waals surface area contributed by atoms with Gasteiger partial charge in [-0.25, -0.2) is 0 Å². The molecule has 0 radical (unpaired) electrons. The molecular weight excluding hydrogens is 452 g/mol. The van der Waals surface area contributed by atoms with Gasteiger partial charge < -0.3 is 20.8 Å². The Bertz CT molecular complexity index is 1100. The summed E-state index contributed by atoms with van der Waals surface area (Å²) in [6.45, 7) is 4.28. The highest BCUT2D eigenvalue weighted by Crippen LogP contribution is 2.27. The van der Waals surface area contributed by atoms with Crippen molar-refractivity contribution in [1.82, 2.24) is 0 Å². The average Bonchev–Trinajstić information content (AvgIpc) is 2.85. The van der Waals surface area contributed by atoms with Gasteiger partial charge in [0.05, 0.1) is 22.5 Å². The molecule has 0 saturated carbocycles. The van der Waals surface area contributed by atoms with Crippen molar-refractivity contribution in [1.29, 1.82) is 0 Å². The van der Waals surface area contributed by atoms with E-state index in [0.29, 0.717) is 11.4 Å². The number of phenols is 2. The van der Waals surface area contributed by atoms with Crippen LogP contribution in [0.1, 0.15) is 84.2 Å². The Morgan fingerprint density at radius 3 is 1.42 bits per heavy atom. The normalized spacial score (nSPS) is 10.7. The van der Waals surface area contributed by atoms with Crippen LogP contribution in [0.2, 0.25) is 0 Å². The zero-order chi connectivity index (χ0) is 25.9. The van der Waals surface area contributed by atoms with E-state index in [4.69, 9.17) is 0 Å². The molecule has 36 heavy (non-hydrogen) atoms. The average molecular weight is 489 g/mol. The number of carbonyl (C=O) groups is 2. The molecule has 3 rings (SSSR count). The predicted octanol–water partition coefficient (Wildman–Crippen LogP) is 7.07. The summed E-state index contributed by atoms with van der Waals surface area (Å²) in [6, 6.07) is 17.0. The van der Waals surface area contributed by atoms with E-state index in [1.807, 2.05) is 12.1 Å². The number of aryl methyl sites for hydroxylation is 2. The van der Waals surface area contributed by atoms with Gasteiger partial charge in [-0.2, -0.15) is 0 Å². The lowest BCUT2D eigenvalue weighted by Crippen LogP contribution is -2.17. The van der Waals surface area contributed by atoms with Crippen molar-refractivity contribution in [3.05, 3.63) is 82.9 Å². The molecule has 6 heteroatoms. The number of carbonyl (C=O) groups excluding carboxylic acids is 2. The van der Waals surface area contributed by atoms with Crippen molar-refractivity contribution in [3.8, 4) is 11.5 Å². The number of hydrogen-bond donors (Lipinski definition) is 4. The summed E-state index contributed by atoms with van der Waals surface area (Å²) in [6.07, 6.45) is 8.24. The van der Waals surface area contributed by atoms with Crippen LogP contribution in [0.4, 0.5) is 11.4 Å². The summed E-state index contributed by atoms with van der Waals surface area (Å²) in [4.78, 5) is 25.8. The largest absolute Gasteiger partial charge is 0.507 e. The van der Waals surface area contributed by atoms with E-state index in [-0.39, 0.29) is 22.6 Å².